The highest BCUT2D eigenvalue weighted by Gasteiger charge is 2.16. The summed E-state index contributed by atoms with van der Waals surface area (Å²) < 4.78 is 6.24. The number of rotatable bonds is 7. The van der Waals surface area contributed by atoms with Crippen LogP contribution >= 0.6 is 11.3 Å². The average Bonchev–Trinajstić information content (AvgIpc) is 3.23. The quantitative estimate of drug-likeness (QED) is 0.608. The molecule has 27 heavy (non-hydrogen) atoms. The fourth-order valence-electron chi connectivity index (χ4n) is 3.45. The number of aromatic nitrogens is 3. The topological polar surface area (TPSA) is 59.9 Å². The minimum atomic E-state index is 0.644. The third kappa shape index (κ3) is 5.04. The zero-order chi connectivity index (χ0) is 18.3. The number of thiazole rings is 1. The van der Waals surface area contributed by atoms with Crippen LogP contribution in [0.25, 0.3) is 0 Å². The Balaban J connectivity index is 1.52. The molecule has 0 saturated heterocycles. The standard InChI is InChI=1S/C21H24N4OS/c1-2-6-16(7-3-1)15-26-19-13-17(12-18-8-4-5-9-22-18)14-24-20(19)25-21-23-10-11-27-21/h4-5,8-11,13-14,16H,1-3,6-7,12,15H2,(H,23,24,25). The molecule has 1 N–H and O–H groups in total. The molecule has 3 aromatic heterocycles. The lowest BCUT2D eigenvalue weighted by molar-refractivity contribution is 0.209. The Morgan fingerprint density at radius 3 is 2.78 bits per heavy atom. The van der Waals surface area contributed by atoms with Crippen LogP contribution in [0.2, 0.25) is 0 Å². The van der Waals surface area contributed by atoms with Gasteiger partial charge in [-0.05, 0) is 42.5 Å². The van der Waals surface area contributed by atoms with Gasteiger partial charge in [-0.15, -0.1) is 11.3 Å². The summed E-state index contributed by atoms with van der Waals surface area (Å²) >= 11 is 1.55. The third-order valence-corrected chi connectivity index (χ3v) is 5.57. The maximum Gasteiger partial charge on any atom is 0.188 e. The summed E-state index contributed by atoms with van der Waals surface area (Å²) in [6.45, 7) is 0.751. The van der Waals surface area contributed by atoms with Crippen LogP contribution in [0.15, 0.2) is 48.2 Å². The van der Waals surface area contributed by atoms with Gasteiger partial charge >= 0.3 is 0 Å². The monoisotopic (exact) mass is 380 g/mol. The van der Waals surface area contributed by atoms with Crippen LogP contribution in [0.4, 0.5) is 10.9 Å². The second-order valence-corrected chi connectivity index (χ2v) is 7.86. The van der Waals surface area contributed by atoms with Crippen molar-refractivity contribution in [3.8, 4) is 5.75 Å². The first-order chi connectivity index (χ1) is 13.4. The third-order valence-electron chi connectivity index (χ3n) is 4.88. The van der Waals surface area contributed by atoms with E-state index >= 15 is 0 Å². The number of hydrogen-bond donors (Lipinski definition) is 1. The molecule has 5 nitrogen and oxygen atoms in total. The molecule has 3 heterocycles. The molecule has 1 aliphatic carbocycles. The number of ether oxygens (including phenoxy) is 1. The van der Waals surface area contributed by atoms with Crippen molar-refractivity contribution in [1.29, 1.82) is 0 Å². The number of pyridine rings is 2. The molecular formula is C21H24N4OS. The first-order valence-corrected chi connectivity index (χ1v) is 10.4. The Morgan fingerprint density at radius 2 is 2.00 bits per heavy atom. The van der Waals surface area contributed by atoms with E-state index in [2.05, 4.69) is 26.3 Å². The highest BCUT2D eigenvalue weighted by molar-refractivity contribution is 7.13. The van der Waals surface area contributed by atoms with Crippen LogP contribution in [-0.4, -0.2) is 21.6 Å². The molecule has 4 rings (SSSR count). The minimum Gasteiger partial charge on any atom is -0.489 e. The van der Waals surface area contributed by atoms with Crippen molar-refractivity contribution in [2.75, 3.05) is 11.9 Å². The number of nitrogens with zero attached hydrogens (tertiary/aromatic N) is 3. The van der Waals surface area contributed by atoms with Crippen molar-refractivity contribution in [2.45, 2.75) is 38.5 Å². The molecule has 1 aliphatic rings. The fourth-order valence-corrected chi connectivity index (χ4v) is 3.97. The van der Waals surface area contributed by atoms with E-state index in [4.69, 9.17) is 4.74 Å². The highest BCUT2D eigenvalue weighted by Crippen LogP contribution is 2.30. The predicted octanol–water partition coefficient (Wildman–Crippen LogP) is 5.23. The van der Waals surface area contributed by atoms with Crippen molar-refractivity contribution >= 4 is 22.3 Å². The molecule has 0 spiro atoms. The van der Waals surface area contributed by atoms with E-state index in [1.54, 1.807) is 17.5 Å². The lowest BCUT2D eigenvalue weighted by Gasteiger charge is -2.22. The van der Waals surface area contributed by atoms with Crippen molar-refractivity contribution in [3.63, 3.8) is 0 Å². The van der Waals surface area contributed by atoms with Crippen LogP contribution < -0.4 is 10.1 Å². The van der Waals surface area contributed by atoms with E-state index in [1.807, 2.05) is 36.0 Å². The summed E-state index contributed by atoms with van der Waals surface area (Å²) in [7, 11) is 0. The number of hydrogen-bond acceptors (Lipinski definition) is 6. The summed E-state index contributed by atoms with van der Waals surface area (Å²) in [5.74, 6) is 2.17. The largest absolute Gasteiger partial charge is 0.489 e. The maximum atomic E-state index is 6.24. The Kier molecular flexibility index (Phi) is 5.94. The van der Waals surface area contributed by atoms with Gasteiger partial charge in [-0.1, -0.05) is 25.3 Å². The first kappa shape index (κ1) is 17.9. The van der Waals surface area contributed by atoms with E-state index < -0.39 is 0 Å². The summed E-state index contributed by atoms with van der Waals surface area (Å²) in [5.41, 5.74) is 2.12. The Labute approximate surface area is 163 Å². The van der Waals surface area contributed by atoms with Crippen molar-refractivity contribution in [2.24, 2.45) is 5.92 Å². The van der Waals surface area contributed by atoms with Gasteiger partial charge in [0, 0.05) is 36.1 Å². The van der Waals surface area contributed by atoms with E-state index in [-0.39, 0.29) is 0 Å². The van der Waals surface area contributed by atoms with Gasteiger partial charge in [-0.2, -0.15) is 0 Å². The predicted molar refractivity (Wildman–Crippen MR) is 109 cm³/mol. The number of anilines is 2. The molecular weight excluding hydrogens is 356 g/mol. The van der Waals surface area contributed by atoms with E-state index in [1.165, 1.54) is 32.1 Å². The van der Waals surface area contributed by atoms with E-state index in [9.17, 15) is 0 Å². The summed E-state index contributed by atoms with van der Waals surface area (Å²) in [6.07, 6.45) is 12.7. The van der Waals surface area contributed by atoms with Gasteiger partial charge in [0.15, 0.2) is 16.7 Å². The van der Waals surface area contributed by atoms with Gasteiger partial charge in [0.25, 0.3) is 0 Å². The van der Waals surface area contributed by atoms with Gasteiger partial charge < -0.3 is 10.1 Å². The SMILES string of the molecule is c1ccc(Cc2cnc(Nc3nccs3)c(OCC3CCCCC3)c2)nc1. The Bertz CT molecular complexity index is 833. The van der Waals surface area contributed by atoms with Crippen LogP contribution in [0.5, 0.6) is 5.75 Å². The zero-order valence-electron chi connectivity index (χ0n) is 15.3. The molecule has 0 bridgehead atoms. The maximum absolute atomic E-state index is 6.24. The molecule has 3 aromatic rings. The zero-order valence-corrected chi connectivity index (χ0v) is 16.1. The molecule has 0 aromatic carbocycles. The highest BCUT2D eigenvalue weighted by atomic mass is 32.1. The van der Waals surface area contributed by atoms with Crippen molar-refractivity contribution < 1.29 is 4.74 Å². The van der Waals surface area contributed by atoms with Crippen LogP contribution in [0, 0.1) is 5.92 Å². The van der Waals surface area contributed by atoms with Gasteiger partial charge in [0.2, 0.25) is 0 Å². The second-order valence-electron chi connectivity index (χ2n) is 6.97. The second kappa shape index (κ2) is 8.95. The van der Waals surface area contributed by atoms with E-state index in [0.29, 0.717) is 5.92 Å². The molecule has 1 fully saturated rings. The lowest BCUT2D eigenvalue weighted by Crippen LogP contribution is -2.16. The summed E-state index contributed by atoms with van der Waals surface area (Å²) in [4.78, 5) is 13.3. The molecule has 1 saturated carbocycles. The minimum absolute atomic E-state index is 0.644. The summed E-state index contributed by atoms with van der Waals surface area (Å²) in [5, 5.41) is 6.05. The molecule has 0 aliphatic heterocycles. The van der Waals surface area contributed by atoms with E-state index in [0.717, 1.165) is 41.0 Å². The van der Waals surface area contributed by atoms with Crippen LogP contribution in [0.3, 0.4) is 0 Å². The Hall–Kier alpha value is -2.47. The normalized spacial score (nSPS) is 14.8. The fraction of sp³-hybridized carbons (Fsp3) is 0.381. The van der Waals surface area contributed by atoms with Gasteiger partial charge in [0.05, 0.1) is 6.61 Å². The van der Waals surface area contributed by atoms with Gasteiger partial charge in [-0.25, -0.2) is 9.97 Å². The molecule has 0 unspecified atom stereocenters. The Morgan fingerprint density at radius 1 is 1.07 bits per heavy atom. The average molecular weight is 381 g/mol. The smallest absolute Gasteiger partial charge is 0.188 e. The lowest BCUT2D eigenvalue weighted by atomic mass is 9.90. The van der Waals surface area contributed by atoms with Crippen molar-refractivity contribution in [1.82, 2.24) is 15.0 Å². The first-order valence-electron chi connectivity index (χ1n) is 9.55. The molecule has 0 amide bonds. The van der Waals surface area contributed by atoms with Gasteiger partial charge in [-0.3, -0.25) is 4.98 Å². The molecule has 0 atom stereocenters. The number of nitrogens with one attached hydrogen (secondary N) is 1. The summed E-state index contributed by atoms with van der Waals surface area (Å²) in [6, 6.07) is 8.06. The van der Waals surface area contributed by atoms with Gasteiger partial charge in [0.1, 0.15) is 0 Å². The van der Waals surface area contributed by atoms with Crippen LogP contribution in [0.1, 0.15) is 43.4 Å². The molecule has 6 heteroatoms. The van der Waals surface area contributed by atoms with Crippen LogP contribution in [-0.2, 0) is 6.42 Å². The molecule has 140 valence electrons. The van der Waals surface area contributed by atoms with Crippen molar-refractivity contribution in [3.05, 3.63) is 59.5 Å². The molecule has 0 radical (unpaired) electrons.